The molecule has 1 amide bonds. The smallest absolute Gasteiger partial charge is 0.265 e. The summed E-state index contributed by atoms with van der Waals surface area (Å²) in [6.45, 7) is 4.79. The van der Waals surface area contributed by atoms with Gasteiger partial charge in [0.05, 0.1) is 0 Å². The molecule has 2 aliphatic heterocycles. The molecule has 7 heteroatoms. The van der Waals surface area contributed by atoms with E-state index in [-0.39, 0.29) is 10.8 Å². The average Bonchev–Trinajstić information content (AvgIpc) is 3.17. The van der Waals surface area contributed by atoms with E-state index >= 15 is 0 Å². The first-order valence-corrected chi connectivity index (χ1v) is 10.7. The molecule has 0 saturated carbocycles. The molecular formula is C16H24N2O3S2. The summed E-state index contributed by atoms with van der Waals surface area (Å²) in [5, 5.41) is 1.72. The summed E-state index contributed by atoms with van der Waals surface area (Å²) in [6.07, 6.45) is 4.91. The lowest BCUT2D eigenvalue weighted by Crippen LogP contribution is -2.34. The Labute approximate surface area is 142 Å². The molecule has 0 spiro atoms. The minimum atomic E-state index is -3.53. The lowest BCUT2D eigenvalue weighted by molar-refractivity contribution is 0.0761. The first-order valence-electron chi connectivity index (χ1n) is 8.37. The van der Waals surface area contributed by atoms with E-state index in [4.69, 9.17) is 0 Å². The lowest BCUT2D eigenvalue weighted by atomic mass is 10.0. The highest BCUT2D eigenvalue weighted by Crippen LogP contribution is 2.29. The van der Waals surface area contributed by atoms with Gasteiger partial charge in [0, 0.05) is 26.2 Å². The van der Waals surface area contributed by atoms with E-state index < -0.39 is 10.0 Å². The Balaban J connectivity index is 1.84. The van der Waals surface area contributed by atoms with Gasteiger partial charge in [0.15, 0.2) is 0 Å². The normalized spacial score (nSPS) is 23.9. The van der Waals surface area contributed by atoms with Gasteiger partial charge in [0.25, 0.3) is 5.91 Å². The van der Waals surface area contributed by atoms with Gasteiger partial charge in [-0.1, -0.05) is 6.92 Å². The number of amides is 1. The predicted molar refractivity (Wildman–Crippen MR) is 91.2 cm³/mol. The second-order valence-corrected chi connectivity index (χ2v) is 9.38. The van der Waals surface area contributed by atoms with Crippen molar-refractivity contribution in [2.24, 2.45) is 5.92 Å². The van der Waals surface area contributed by atoms with E-state index in [0.29, 0.717) is 23.9 Å². The monoisotopic (exact) mass is 356 g/mol. The Morgan fingerprint density at radius 2 is 1.87 bits per heavy atom. The van der Waals surface area contributed by atoms with Gasteiger partial charge in [-0.2, -0.15) is 4.31 Å². The van der Waals surface area contributed by atoms with Crippen LogP contribution in [0.4, 0.5) is 0 Å². The average molecular weight is 357 g/mol. The van der Waals surface area contributed by atoms with E-state index in [1.807, 2.05) is 4.90 Å². The second kappa shape index (κ2) is 6.91. The third-order valence-corrected chi connectivity index (χ3v) is 7.78. The molecule has 0 aliphatic carbocycles. The van der Waals surface area contributed by atoms with Gasteiger partial charge in [0.1, 0.15) is 9.77 Å². The Kier molecular flexibility index (Phi) is 5.08. The quantitative estimate of drug-likeness (QED) is 0.837. The lowest BCUT2D eigenvalue weighted by Gasteiger charge is -2.21. The minimum absolute atomic E-state index is 0.119. The summed E-state index contributed by atoms with van der Waals surface area (Å²) in [5.41, 5.74) is 0. The van der Waals surface area contributed by atoms with Gasteiger partial charge < -0.3 is 4.90 Å². The molecule has 0 radical (unpaired) electrons. The van der Waals surface area contributed by atoms with Crippen molar-refractivity contribution >= 4 is 27.3 Å². The Morgan fingerprint density at radius 3 is 2.61 bits per heavy atom. The van der Waals surface area contributed by atoms with Crippen molar-refractivity contribution in [1.29, 1.82) is 0 Å². The molecule has 128 valence electrons. The molecule has 2 saturated heterocycles. The Bertz CT molecular complexity index is 663. The fourth-order valence-electron chi connectivity index (χ4n) is 3.33. The zero-order valence-electron chi connectivity index (χ0n) is 13.5. The van der Waals surface area contributed by atoms with Crippen molar-refractivity contribution in [1.82, 2.24) is 9.21 Å². The van der Waals surface area contributed by atoms with Crippen LogP contribution in [0.1, 0.15) is 48.7 Å². The fraction of sp³-hybridized carbons (Fsp3) is 0.688. The fourth-order valence-corrected chi connectivity index (χ4v) is 6.21. The third-order valence-electron chi connectivity index (χ3n) is 4.81. The molecule has 2 aliphatic rings. The first kappa shape index (κ1) is 16.9. The molecule has 1 unspecified atom stereocenters. The number of nitrogens with zero attached hydrogens (tertiary/aromatic N) is 2. The Hall–Kier alpha value is -0.920. The summed E-state index contributed by atoms with van der Waals surface area (Å²) in [4.78, 5) is 15.3. The van der Waals surface area contributed by atoms with Crippen LogP contribution in [0.2, 0.25) is 0 Å². The van der Waals surface area contributed by atoms with Gasteiger partial charge in [-0.3, -0.25) is 4.79 Å². The number of likely N-dealkylation sites (tertiary alicyclic amines) is 1. The highest BCUT2D eigenvalue weighted by molar-refractivity contribution is 7.89. The third kappa shape index (κ3) is 3.46. The molecule has 0 bridgehead atoms. The summed E-state index contributed by atoms with van der Waals surface area (Å²) in [6, 6.07) is 1.59. The number of sulfonamides is 1. The van der Waals surface area contributed by atoms with Gasteiger partial charge in [-0.05, 0) is 49.5 Å². The van der Waals surface area contributed by atoms with Crippen LogP contribution in [0.15, 0.2) is 16.3 Å². The van der Waals surface area contributed by atoms with Crippen molar-refractivity contribution in [3.05, 3.63) is 16.3 Å². The topological polar surface area (TPSA) is 57.7 Å². The van der Waals surface area contributed by atoms with Gasteiger partial charge in [-0.25, -0.2) is 8.42 Å². The summed E-state index contributed by atoms with van der Waals surface area (Å²) in [7, 11) is -3.53. The summed E-state index contributed by atoms with van der Waals surface area (Å²) in [5.74, 6) is 0.510. The first-order chi connectivity index (χ1) is 11.0. The maximum absolute atomic E-state index is 12.9. The van der Waals surface area contributed by atoms with Crippen molar-refractivity contribution < 1.29 is 13.2 Å². The molecule has 3 rings (SSSR count). The van der Waals surface area contributed by atoms with E-state index in [1.54, 1.807) is 11.4 Å². The van der Waals surface area contributed by atoms with Crippen LogP contribution in [0.5, 0.6) is 0 Å². The predicted octanol–water partition coefficient (Wildman–Crippen LogP) is 2.79. The van der Waals surface area contributed by atoms with Gasteiger partial charge in [-0.15, -0.1) is 11.3 Å². The standard InChI is InChI=1S/C16H24N2O3S2/c1-13-5-4-8-17(11-6-13)16(19)15-14(7-12-22-15)23(20,21)18-9-2-3-10-18/h7,12-13H,2-6,8-11H2,1H3. The molecule has 1 aromatic rings. The highest BCUT2D eigenvalue weighted by Gasteiger charge is 2.33. The number of carbonyl (C=O) groups excluding carboxylic acids is 1. The molecule has 3 heterocycles. The number of carbonyl (C=O) groups is 1. The van der Waals surface area contributed by atoms with Crippen molar-refractivity contribution in [2.75, 3.05) is 26.2 Å². The van der Waals surface area contributed by atoms with Crippen LogP contribution in [-0.2, 0) is 10.0 Å². The highest BCUT2D eigenvalue weighted by atomic mass is 32.2. The number of hydrogen-bond acceptors (Lipinski definition) is 4. The van der Waals surface area contributed by atoms with Gasteiger partial charge >= 0.3 is 0 Å². The Morgan fingerprint density at radius 1 is 1.13 bits per heavy atom. The number of hydrogen-bond donors (Lipinski definition) is 0. The zero-order valence-corrected chi connectivity index (χ0v) is 15.2. The van der Waals surface area contributed by atoms with Crippen molar-refractivity contribution in [3.63, 3.8) is 0 Å². The minimum Gasteiger partial charge on any atom is -0.338 e. The molecule has 23 heavy (non-hydrogen) atoms. The molecule has 5 nitrogen and oxygen atoms in total. The van der Waals surface area contributed by atoms with Crippen LogP contribution < -0.4 is 0 Å². The number of rotatable bonds is 3. The van der Waals surface area contributed by atoms with E-state index in [1.165, 1.54) is 15.6 Å². The molecule has 1 aromatic heterocycles. The molecule has 1 atom stereocenters. The largest absolute Gasteiger partial charge is 0.338 e. The summed E-state index contributed by atoms with van der Waals surface area (Å²) >= 11 is 1.25. The van der Waals surface area contributed by atoms with Crippen LogP contribution in [-0.4, -0.2) is 49.7 Å². The maximum atomic E-state index is 12.9. The number of thiophene rings is 1. The van der Waals surface area contributed by atoms with Crippen molar-refractivity contribution in [3.8, 4) is 0 Å². The van der Waals surface area contributed by atoms with Crippen LogP contribution in [0, 0.1) is 5.92 Å². The van der Waals surface area contributed by atoms with E-state index in [0.717, 1.165) is 45.2 Å². The maximum Gasteiger partial charge on any atom is 0.265 e. The van der Waals surface area contributed by atoms with Crippen molar-refractivity contribution in [2.45, 2.75) is 43.9 Å². The second-order valence-electron chi connectivity index (χ2n) is 6.55. The molecule has 2 fully saturated rings. The molecule has 0 aromatic carbocycles. The zero-order chi connectivity index (χ0) is 16.4. The van der Waals surface area contributed by atoms with Gasteiger partial charge in [0.2, 0.25) is 10.0 Å². The SMILES string of the molecule is CC1CCCN(C(=O)c2sccc2S(=O)(=O)N2CCCC2)CC1. The van der Waals surface area contributed by atoms with Crippen LogP contribution in [0.3, 0.4) is 0 Å². The summed E-state index contributed by atoms with van der Waals surface area (Å²) < 4.78 is 27.1. The van der Waals surface area contributed by atoms with Crippen LogP contribution in [0.25, 0.3) is 0 Å². The molecular weight excluding hydrogens is 332 g/mol. The van der Waals surface area contributed by atoms with E-state index in [2.05, 4.69) is 6.92 Å². The molecule has 0 N–H and O–H groups in total. The van der Waals surface area contributed by atoms with Crippen LogP contribution >= 0.6 is 11.3 Å². The van der Waals surface area contributed by atoms with E-state index in [9.17, 15) is 13.2 Å².